The Kier molecular flexibility index (Phi) is 3.32. The van der Waals surface area contributed by atoms with Crippen LogP contribution in [0.15, 0.2) is 23.4 Å². The van der Waals surface area contributed by atoms with E-state index in [0.717, 1.165) is 5.46 Å². The molecule has 0 spiro atoms. The molecule has 0 saturated carbocycles. The van der Waals surface area contributed by atoms with E-state index in [1.165, 1.54) is 12.3 Å². The molecular formula is C13H18BNO4. The summed E-state index contributed by atoms with van der Waals surface area (Å²) in [4.78, 5) is 0. The van der Waals surface area contributed by atoms with Gasteiger partial charge in [-0.05, 0) is 45.3 Å². The summed E-state index contributed by atoms with van der Waals surface area (Å²) in [6.45, 7) is 7.90. The summed E-state index contributed by atoms with van der Waals surface area (Å²) >= 11 is 0. The molecule has 0 aromatic heterocycles. The van der Waals surface area contributed by atoms with Crippen molar-refractivity contribution in [2.24, 2.45) is 5.16 Å². The van der Waals surface area contributed by atoms with Gasteiger partial charge in [0.1, 0.15) is 5.75 Å². The molecule has 19 heavy (non-hydrogen) atoms. The minimum absolute atomic E-state index is 0.0399. The number of hydrogen-bond acceptors (Lipinski definition) is 5. The van der Waals surface area contributed by atoms with E-state index in [0.29, 0.717) is 5.56 Å². The number of rotatable bonds is 2. The molecule has 1 aliphatic rings. The Labute approximate surface area is 113 Å². The van der Waals surface area contributed by atoms with Crippen LogP contribution in [-0.2, 0) is 9.31 Å². The van der Waals surface area contributed by atoms with E-state index in [1.807, 2.05) is 27.7 Å². The van der Waals surface area contributed by atoms with Crippen molar-refractivity contribution >= 4 is 18.8 Å². The Morgan fingerprint density at radius 2 is 1.74 bits per heavy atom. The van der Waals surface area contributed by atoms with Crippen LogP contribution in [0.4, 0.5) is 0 Å². The van der Waals surface area contributed by atoms with Crippen molar-refractivity contribution in [2.45, 2.75) is 38.9 Å². The first kappa shape index (κ1) is 13.9. The van der Waals surface area contributed by atoms with Crippen molar-refractivity contribution in [3.8, 4) is 5.75 Å². The highest BCUT2D eigenvalue weighted by Crippen LogP contribution is 2.36. The summed E-state index contributed by atoms with van der Waals surface area (Å²) in [5, 5.41) is 21.1. The molecule has 0 aliphatic carbocycles. The molecule has 1 aliphatic heterocycles. The molecule has 0 bridgehead atoms. The maximum absolute atomic E-state index is 9.63. The first-order valence-corrected chi connectivity index (χ1v) is 6.13. The van der Waals surface area contributed by atoms with Gasteiger partial charge < -0.3 is 19.6 Å². The van der Waals surface area contributed by atoms with Crippen molar-refractivity contribution in [1.82, 2.24) is 0 Å². The van der Waals surface area contributed by atoms with Crippen molar-refractivity contribution in [1.29, 1.82) is 0 Å². The van der Waals surface area contributed by atoms with Gasteiger partial charge in [0.25, 0.3) is 0 Å². The molecule has 2 N–H and O–H groups in total. The van der Waals surface area contributed by atoms with Crippen molar-refractivity contribution in [3.63, 3.8) is 0 Å². The van der Waals surface area contributed by atoms with Crippen LogP contribution < -0.4 is 5.46 Å². The third-order valence-corrected chi connectivity index (χ3v) is 3.77. The topological polar surface area (TPSA) is 71.3 Å². The zero-order chi connectivity index (χ0) is 14.3. The van der Waals surface area contributed by atoms with Crippen LogP contribution in [0.2, 0.25) is 0 Å². The zero-order valence-electron chi connectivity index (χ0n) is 11.5. The van der Waals surface area contributed by atoms with Crippen LogP contribution in [0.3, 0.4) is 0 Å². The van der Waals surface area contributed by atoms with Gasteiger partial charge in [-0.2, -0.15) is 0 Å². The van der Waals surface area contributed by atoms with Gasteiger partial charge in [0.05, 0.1) is 17.4 Å². The van der Waals surface area contributed by atoms with Gasteiger partial charge in [0.15, 0.2) is 0 Å². The quantitative estimate of drug-likeness (QED) is 0.367. The maximum Gasteiger partial charge on any atom is 0.494 e. The van der Waals surface area contributed by atoms with E-state index < -0.39 is 18.3 Å². The van der Waals surface area contributed by atoms with E-state index in [2.05, 4.69) is 5.16 Å². The highest BCUT2D eigenvalue weighted by atomic mass is 16.7. The smallest absolute Gasteiger partial charge is 0.494 e. The molecule has 1 fully saturated rings. The number of aromatic hydroxyl groups is 1. The second-order valence-electron chi connectivity index (χ2n) is 5.65. The normalized spacial score (nSPS) is 21.2. The summed E-state index contributed by atoms with van der Waals surface area (Å²) in [5.41, 5.74) is 0.350. The minimum Gasteiger partial charge on any atom is -0.507 e. The van der Waals surface area contributed by atoms with E-state index in [4.69, 9.17) is 14.5 Å². The predicted molar refractivity (Wildman–Crippen MR) is 73.2 cm³/mol. The molecule has 1 heterocycles. The standard InChI is InChI=1S/C13H18BNO4/c1-12(2)13(3,4)19-14(18-12)10-5-6-11(16)9(7-10)8-15-17/h5-8,16-17H,1-4H3/b15-8-. The third kappa shape index (κ3) is 2.46. The first-order chi connectivity index (χ1) is 8.77. The highest BCUT2D eigenvalue weighted by molar-refractivity contribution is 6.62. The van der Waals surface area contributed by atoms with E-state index in [9.17, 15) is 5.11 Å². The number of benzene rings is 1. The van der Waals surface area contributed by atoms with Crippen LogP contribution >= 0.6 is 0 Å². The summed E-state index contributed by atoms with van der Waals surface area (Å²) in [6.07, 6.45) is 1.17. The van der Waals surface area contributed by atoms with E-state index >= 15 is 0 Å². The van der Waals surface area contributed by atoms with Crippen LogP contribution in [-0.4, -0.2) is 34.8 Å². The molecule has 2 rings (SSSR count). The lowest BCUT2D eigenvalue weighted by molar-refractivity contribution is 0.00578. The lowest BCUT2D eigenvalue weighted by Crippen LogP contribution is -2.41. The highest BCUT2D eigenvalue weighted by Gasteiger charge is 2.51. The molecule has 1 saturated heterocycles. The average molecular weight is 263 g/mol. The third-order valence-electron chi connectivity index (χ3n) is 3.77. The Morgan fingerprint density at radius 1 is 1.16 bits per heavy atom. The number of nitrogens with zero attached hydrogens (tertiary/aromatic N) is 1. The van der Waals surface area contributed by atoms with Gasteiger partial charge in [-0.25, -0.2) is 0 Å². The summed E-state index contributed by atoms with van der Waals surface area (Å²) < 4.78 is 11.8. The second kappa shape index (κ2) is 4.54. The monoisotopic (exact) mass is 263 g/mol. The van der Waals surface area contributed by atoms with Gasteiger partial charge in [0.2, 0.25) is 0 Å². The van der Waals surface area contributed by atoms with E-state index in [1.54, 1.807) is 12.1 Å². The zero-order valence-corrected chi connectivity index (χ0v) is 11.5. The molecule has 5 nitrogen and oxygen atoms in total. The molecule has 0 amide bonds. The summed E-state index contributed by atoms with van der Waals surface area (Å²) in [6, 6.07) is 4.93. The minimum atomic E-state index is -0.503. The van der Waals surface area contributed by atoms with Crippen molar-refractivity contribution in [2.75, 3.05) is 0 Å². The maximum atomic E-state index is 9.63. The lowest BCUT2D eigenvalue weighted by Gasteiger charge is -2.32. The SMILES string of the molecule is CC1(C)OB(c2ccc(O)c(/C=N\O)c2)OC1(C)C. The largest absolute Gasteiger partial charge is 0.507 e. The predicted octanol–water partition coefficient (Wildman–Crippen LogP) is 1.50. The molecule has 0 radical (unpaired) electrons. The average Bonchev–Trinajstić information content (AvgIpc) is 2.51. The summed E-state index contributed by atoms with van der Waals surface area (Å²) in [5.74, 6) is 0.0399. The number of phenols is 1. The Balaban J connectivity index is 2.32. The summed E-state index contributed by atoms with van der Waals surface area (Å²) in [7, 11) is -0.503. The molecule has 1 aromatic rings. The molecule has 0 atom stereocenters. The van der Waals surface area contributed by atoms with Gasteiger partial charge in [-0.1, -0.05) is 11.2 Å². The second-order valence-corrected chi connectivity index (χ2v) is 5.65. The Bertz CT molecular complexity index is 497. The van der Waals surface area contributed by atoms with Crippen molar-refractivity contribution < 1.29 is 19.6 Å². The molecule has 1 aromatic carbocycles. The van der Waals surface area contributed by atoms with Gasteiger partial charge >= 0.3 is 7.12 Å². The number of phenolic OH excluding ortho intramolecular Hbond substituents is 1. The first-order valence-electron chi connectivity index (χ1n) is 6.13. The van der Waals surface area contributed by atoms with Crippen LogP contribution in [0.1, 0.15) is 33.3 Å². The lowest BCUT2D eigenvalue weighted by atomic mass is 9.78. The number of oxime groups is 1. The molecular weight excluding hydrogens is 245 g/mol. The van der Waals surface area contributed by atoms with Gasteiger partial charge in [-0.3, -0.25) is 0 Å². The fourth-order valence-electron chi connectivity index (χ4n) is 1.86. The van der Waals surface area contributed by atoms with Crippen molar-refractivity contribution in [3.05, 3.63) is 23.8 Å². The fourth-order valence-corrected chi connectivity index (χ4v) is 1.86. The van der Waals surface area contributed by atoms with Crippen LogP contribution in [0.25, 0.3) is 0 Å². The Hall–Kier alpha value is -1.53. The fraction of sp³-hybridized carbons (Fsp3) is 0.462. The van der Waals surface area contributed by atoms with Gasteiger partial charge in [0, 0.05) is 5.56 Å². The van der Waals surface area contributed by atoms with Crippen LogP contribution in [0.5, 0.6) is 5.75 Å². The van der Waals surface area contributed by atoms with Crippen LogP contribution in [0, 0.1) is 0 Å². The Morgan fingerprint density at radius 3 is 2.26 bits per heavy atom. The van der Waals surface area contributed by atoms with E-state index in [-0.39, 0.29) is 5.75 Å². The number of hydrogen-bond donors (Lipinski definition) is 2. The molecule has 0 unspecified atom stereocenters. The van der Waals surface area contributed by atoms with Gasteiger partial charge in [-0.15, -0.1) is 0 Å². The molecule has 102 valence electrons. The molecule has 6 heteroatoms.